The fraction of sp³-hybridized carbons (Fsp3) is 0.133. The summed E-state index contributed by atoms with van der Waals surface area (Å²) in [5.41, 5.74) is 5.22. The van der Waals surface area contributed by atoms with E-state index in [2.05, 4.69) is 10.5 Å². The van der Waals surface area contributed by atoms with Gasteiger partial charge in [-0.25, -0.2) is 5.43 Å². The molecule has 0 bridgehead atoms. The minimum Gasteiger partial charge on any atom is -0.490 e. The lowest BCUT2D eigenvalue weighted by Crippen LogP contribution is -2.18. The van der Waals surface area contributed by atoms with E-state index >= 15 is 0 Å². The Morgan fingerprint density at radius 2 is 1.49 bits per heavy atom. The molecule has 0 unspecified atom stereocenters. The molecule has 4 aromatic rings. The second-order valence-electron chi connectivity index (χ2n) is 8.24. The SMILES string of the molecule is CCOc1cc(/C=N/NC(=O)c2ccccc2OCc2ccccc2Cl)ccc1OCc1ccc(Cl)cc1Cl. The Kier molecular flexibility index (Phi) is 10.1. The van der Waals surface area contributed by atoms with Crippen LogP contribution >= 0.6 is 34.8 Å². The van der Waals surface area contributed by atoms with Gasteiger partial charge in [0.15, 0.2) is 11.5 Å². The number of amides is 1. The summed E-state index contributed by atoms with van der Waals surface area (Å²) < 4.78 is 17.6. The van der Waals surface area contributed by atoms with Crippen LogP contribution in [-0.2, 0) is 13.2 Å². The number of hydrogen-bond donors (Lipinski definition) is 1. The molecule has 0 saturated heterocycles. The molecule has 1 amide bonds. The van der Waals surface area contributed by atoms with E-state index in [1.165, 1.54) is 6.21 Å². The van der Waals surface area contributed by atoms with E-state index in [9.17, 15) is 4.79 Å². The number of benzene rings is 4. The van der Waals surface area contributed by atoms with Gasteiger partial charge in [0.25, 0.3) is 5.91 Å². The van der Waals surface area contributed by atoms with Crippen molar-refractivity contribution >= 4 is 46.9 Å². The molecule has 0 saturated carbocycles. The number of nitrogens with zero attached hydrogens (tertiary/aromatic N) is 1. The Hall–Kier alpha value is -3.71. The van der Waals surface area contributed by atoms with Crippen molar-refractivity contribution in [1.82, 2.24) is 5.43 Å². The summed E-state index contributed by atoms with van der Waals surface area (Å²) in [4.78, 5) is 12.8. The van der Waals surface area contributed by atoms with Gasteiger partial charge in [-0.2, -0.15) is 5.10 Å². The van der Waals surface area contributed by atoms with Crippen molar-refractivity contribution in [1.29, 1.82) is 0 Å². The van der Waals surface area contributed by atoms with Crippen LogP contribution in [0.2, 0.25) is 15.1 Å². The molecule has 0 heterocycles. The van der Waals surface area contributed by atoms with Crippen molar-refractivity contribution in [2.45, 2.75) is 20.1 Å². The van der Waals surface area contributed by atoms with E-state index in [1.54, 1.807) is 60.7 Å². The van der Waals surface area contributed by atoms with Gasteiger partial charge < -0.3 is 14.2 Å². The predicted octanol–water partition coefficient (Wildman–Crippen LogP) is 7.97. The molecule has 6 nitrogen and oxygen atoms in total. The van der Waals surface area contributed by atoms with Crippen LogP contribution in [0.15, 0.2) is 90.0 Å². The van der Waals surface area contributed by atoms with Crippen LogP contribution in [0, 0.1) is 0 Å². The smallest absolute Gasteiger partial charge is 0.275 e. The summed E-state index contributed by atoms with van der Waals surface area (Å²) in [7, 11) is 0. The van der Waals surface area contributed by atoms with Crippen LogP contribution in [0.5, 0.6) is 17.2 Å². The van der Waals surface area contributed by atoms with E-state index in [-0.39, 0.29) is 13.2 Å². The summed E-state index contributed by atoms with van der Waals surface area (Å²) in [5, 5.41) is 5.79. The topological polar surface area (TPSA) is 69.2 Å². The molecule has 0 spiro atoms. The fourth-order valence-corrected chi connectivity index (χ4v) is 4.22. The molecule has 0 fully saturated rings. The van der Waals surface area contributed by atoms with E-state index < -0.39 is 5.91 Å². The number of halogens is 3. The highest BCUT2D eigenvalue weighted by Crippen LogP contribution is 2.30. The third-order valence-electron chi connectivity index (χ3n) is 5.52. The van der Waals surface area contributed by atoms with Gasteiger partial charge in [-0.3, -0.25) is 4.79 Å². The lowest BCUT2D eigenvalue weighted by atomic mass is 10.2. The third kappa shape index (κ3) is 7.90. The van der Waals surface area contributed by atoms with Crippen molar-refractivity contribution < 1.29 is 19.0 Å². The molecule has 4 aromatic carbocycles. The number of ether oxygens (including phenoxy) is 3. The summed E-state index contributed by atoms with van der Waals surface area (Å²) in [6.07, 6.45) is 1.52. The second kappa shape index (κ2) is 13.9. The quantitative estimate of drug-likeness (QED) is 0.144. The predicted molar refractivity (Wildman–Crippen MR) is 156 cm³/mol. The molecule has 9 heteroatoms. The fourth-order valence-electron chi connectivity index (χ4n) is 3.56. The standard InChI is InChI=1S/C30H25Cl3N2O4/c1-2-37-29-15-20(11-14-28(29)39-19-22-12-13-23(31)16-26(22)33)17-34-35-30(36)24-8-4-6-10-27(24)38-18-21-7-3-5-9-25(21)32/h3-17H,2,18-19H2,1H3,(H,35,36)/b34-17+. The van der Waals surface area contributed by atoms with Gasteiger partial charge in [0, 0.05) is 26.2 Å². The first-order chi connectivity index (χ1) is 18.9. The van der Waals surface area contributed by atoms with Gasteiger partial charge >= 0.3 is 0 Å². The number of para-hydroxylation sites is 1. The number of carbonyl (C=O) groups excluding carboxylic acids is 1. The maximum Gasteiger partial charge on any atom is 0.275 e. The van der Waals surface area contributed by atoms with Crippen LogP contribution < -0.4 is 19.6 Å². The Bertz CT molecular complexity index is 1480. The van der Waals surface area contributed by atoms with Crippen LogP contribution in [0.4, 0.5) is 0 Å². The first kappa shape index (κ1) is 28.3. The molecule has 0 aliphatic heterocycles. The number of carbonyl (C=O) groups is 1. The van der Waals surface area contributed by atoms with Crippen molar-refractivity contribution in [2.24, 2.45) is 5.10 Å². The molecule has 200 valence electrons. The first-order valence-electron chi connectivity index (χ1n) is 12.1. The number of rotatable bonds is 11. The van der Waals surface area contributed by atoms with Gasteiger partial charge in [0.1, 0.15) is 19.0 Å². The summed E-state index contributed by atoms with van der Waals surface area (Å²) in [6, 6.07) is 24.9. The highest BCUT2D eigenvalue weighted by molar-refractivity contribution is 6.35. The number of nitrogens with one attached hydrogen (secondary N) is 1. The Morgan fingerprint density at radius 3 is 2.26 bits per heavy atom. The van der Waals surface area contributed by atoms with Crippen LogP contribution in [0.25, 0.3) is 0 Å². The van der Waals surface area contributed by atoms with Gasteiger partial charge in [-0.05, 0) is 61.0 Å². The number of hydrazone groups is 1. The maximum atomic E-state index is 12.8. The Labute approximate surface area is 242 Å². The summed E-state index contributed by atoms with van der Waals surface area (Å²) >= 11 is 18.4. The summed E-state index contributed by atoms with van der Waals surface area (Å²) in [6.45, 7) is 2.80. The van der Waals surface area contributed by atoms with Crippen LogP contribution in [-0.4, -0.2) is 18.7 Å². The Morgan fingerprint density at radius 1 is 0.769 bits per heavy atom. The minimum absolute atomic E-state index is 0.228. The largest absolute Gasteiger partial charge is 0.490 e. The molecular formula is C30H25Cl3N2O4. The zero-order valence-electron chi connectivity index (χ0n) is 21.0. The van der Waals surface area contributed by atoms with E-state index in [0.29, 0.717) is 50.1 Å². The molecule has 0 aliphatic carbocycles. The maximum absolute atomic E-state index is 12.8. The number of hydrogen-bond acceptors (Lipinski definition) is 5. The van der Waals surface area contributed by atoms with Crippen molar-refractivity contribution in [3.8, 4) is 17.2 Å². The van der Waals surface area contributed by atoms with Crippen molar-refractivity contribution in [2.75, 3.05) is 6.61 Å². The van der Waals surface area contributed by atoms with Gasteiger partial charge in [0.2, 0.25) is 0 Å². The molecule has 4 rings (SSSR count). The molecular weight excluding hydrogens is 559 g/mol. The van der Waals surface area contributed by atoms with Gasteiger partial charge in [-0.15, -0.1) is 0 Å². The highest BCUT2D eigenvalue weighted by atomic mass is 35.5. The first-order valence-corrected chi connectivity index (χ1v) is 13.2. The monoisotopic (exact) mass is 582 g/mol. The molecule has 0 radical (unpaired) electrons. The highest BCUT2D eigenvalue weighted by Gasteiger charge is 2.13. The molecule has 39 heavy (non-hydrogen) atoms. The minimum atomic E-state index is -0.411. The molecule has 0 aromatic heterocycles. The summed E-state index contributed by atoms with van der Waals surface area (Å²) in [5.74, 6) is 1.10. The average molecular weight is 584 g/mol. The zero-order chi connectivity index (χ0) is 27.6. The third-order valence-corrected chi connectivity index (χ3v) is 6.47. The van der Waals surface area contributed by atoms with Crippen molar-refractivity contribution in [3.63, 3.8) is 0 Å². The normalized spacial score (nSPS) is 10.9. The molecule has 1 N–H and O–H groups in total. The average Bonchev–Trinajstić information content (AvgIpc) is 2.93. The lowest BCUT2D eigenvalue weighted by Gasteiger charge is -2.13. The molecule has 0 aliphatic rings. The second-order valence-corrected chi connectivity index (χ2v) is 9.49. The van der Waals surface area contributed by atoms with Gasteiger partial charge in [-0.1, -0.05) is 71.2 Å². The zero-order valence-corrected chi connectivity index (χ0v) is 23.3. The van der Waals surface area contributed by atoms with E-state index in [1.807, 2.05) is 31.2 Å². The molecule has 0 atom stereocenters. The van der Waals surface area contributed by atoms with E-state index in [0.717, 1.165) is 11.1 Å². The van der Waals surface area contributed by atoms with Crippen molar-refractivity contribution in [3.05, 3.63) is 122 Å². The van der Waals surface area contributed by atoms with Crippen LogP contribution in [0.3, 0.4) is 0 Å². The Balaban J connectivity index is 1.40. The van der Waals surface area contributed by atoms with Gasteiger partial charge in [0.05, 0.1) is 18.4 Å². The lowest BCUT2D eigenvalue weighted by molar-refractivity contribution is 0.0950. The van der Waals surface area contributed by atoms with Crippen LogP contribution in [0.1, 0.15) is 34.0 Å². The van der Waals surface area contributed by atoms with E-state index in [4.69, 9.17) is 49.0 Å².